The second-order valence-corrected chi connectivity index (χ2v) is 3.83. The molecule has 0 aliphatic heterocycles. The fourth-order valence-corrected chi connectivity index (χ4v) is 0.936. The summed E-state index contributed by atoms with van der Waals surface area (Å²) in [6.07, 6.45) is 1.19. The number of likely N-dealkylation sites (N-methyl/N-ethyl adjacent to an activating group) is 1. The molecule has 0 heterocycles. The van der Waals surface area contributed by atoms with E-state index in [0.29, 0.717) is 6.61 Å². The van der Waals surface area contributed by atoms with Crippen LogP contribution in [0.5, 0.6) is 0 Å². The summed E-state index contributed by atoms with van der Waals surface area (Å²) < 4.78 is 4.84. The normalized spacial score (nSPS) is 10.8. The van der Waals surface area contributed by atoms with E-state index in [1.807, 2.05) is 7.05 Å². The molecule has 0 aromatic carbocycles. The highest BCUT2D eigenvalue weighted by molar-refractivity contribution is 6.55. The van der Waals surface area contributed by atoms with Crippen molar-refractivity contribution in [1.29, 1.82) is 0 Å². The van der Waals surface area contributed by atoms with Crippen LogP contribution in [0.25, 0.3) is 0 Å². The molecular weight excluding hydrogens is 165 g/mol. The molecule has 76 valence electrons. The topological polar surface area (TPSA) is 29.5 Å². The monoisotopic (exact) mass is 185 g/mol. The Labute approximate surface area is 81.8 Å². The lowest BCUT2D eigenvalue weighted by Gasteiger charge is -2.17. The summed E-state index contributed by atoms with van der Waals surface area (Å²) in [5.74, 6) is 0.536. The molecule has 0 aromatic heterocycles. The van der Waals surface area contributed by atoms with Gasteiger partial charge in [0.25, 0.3) is 0 Å². The van der Waals surface area contributed by atoms with E-state index in [2.05, 4.69) is 18.7 Å². The quantitative estimate of drug-likeness (QED) is 0.571. The molecule has 0 atom stereocenters. The lowest BCUT2D eigenvalue weighted by molar-refractivity contribution is 0.155. The van der Waals surface area contributed by atoms with E-state index in [1.54, 1.807) is 0 Å². The van der Waals surface area contributed by atoms with Gasteiger partial charge >= 0.3 is 0 Å². The van der Waals surface area contributed by atoms with Crippen LogP contribution in [-0.4, -0.2) is 45.4 Å². The van der Waals surface area contributed by atoms with Crippen LogP contribution in [0.15, 0.2) is 0 Å². The highest BCUT2D eigenvalue weighted by Gasteiger charge is 2.01. The van der Waals surface area contributed by atoms with Gasteiger partial charge < -0.3 is 9.64 Å². The largest absolute Gasteiger partial charge is 0.473 e. The Morgan fingerprint density at radius 1 is 1.46 bits per heavy atom. The summed E-state index contributed by atoms with van der Waals surface area (Å²) in [6.45, 7) is 6.81. The van der Waals surface area contributed by atoms with E-state index in [9.17, 15) is 4.79 Å². The van der Waals surface area contributed by atoms with Gasteiger partial charge in [-0.15, -0.1) is 0 Å². The molecule has 0 radical (unpaired) electrons. The smallest absolute Gasteiger partial charge is 0.243 e. The van der Waals surface area contributed by atoms with Crippen molar-refractivity contribution < 1.29 is 9.53 Å². The lowest BCUT2D eigenvalue weighted by Crippen LogP contribution is -2.25. The maximum absolute atomic E-state index is 10.5. The van der Waals surface area contributed by atoms with Crippen molar-refractivity contribution >= 4 is 13.7 Å². The molecule has 13 heavy (non-hydrogen) atoms. The number of hydrogen-bond donors (Lipinski definition) is 0. The van der Waals surface area contributed by atoms with Crippen molar-refractivity contribution in [3.05, 3.63) is 0 Å². The number of carbonyl (C=O) groups is 1. The summed E-state index contributed by atoms with van der Waals surface area (Å²) in [4.78, 5) is 12.6. The Balaban J connectivity index is 3.29. The number of hydrogen-bond acceptors (Lipinski definition) is 3. The fraction of sp³-hybridized carbons (Fsp3) is 0.889. The van der Waals surface area contributed by atoms with Crippen molar-refractivity contribution in [3.63, 3.8) is 0 Å². The molecule has 0 fully saturated rings. The summed E-state index contributed by atoms with van der Waals surface area (Å²) in [5.41, 5.74) is 0. The van der Waals surface area contributed by atoms with Crippen molar-refractivity contribution in [1.82, 2.24) is 4.90 Å². The molecule has 0 aliphatic carbocycles. The van der Waals surface area contributed by atoms with Crippen molar-refractivity contribution in [2.75, 3.05) is 26.7 Å². The van der Waals surface area contributed by atoms with Crippen molar-refractivity contribution in [3.8, 4) is 0 Å². The first-order chi connectivity index (χ1) is 6.02. The second kappa shape index (κ2) is 6.95. The summed E-state index contributed by atoms with van der Waals surface area (Å²) in [7, 11) is 3.49. The van der Waals surface area contributed by atoms with Gasteiger partial charge in [0.2, 0.25) is 13.7 Å². The van der Waals surface area contributed by atoms with Crippen molar-refractivity contribution in [2.45, 2.75) is 20.3 Å². The molecule has 0 amide bonds. The molecule has 0 aliphatic rings. The number of rotatable bonds is 6. The molecular formula is C9H20BNO2. The predicted molar refractivity (Wildman–Crippen MR) is 56.8 cm³/mol. The Morgan fingerprint density at radius 2 is 2.08 bits per heavy atom. The van der Waals surface area contributed by atoms with E-state index in [0.717, 1.165) is 19.0 Å². The molecule has 0 spiro atoms. The highest BCUT2D eigenvalue weighted by atomic mass is 16.5. The third-order valence-corrected chi connectivity index (χ3v) is 1.87. The summed E-state index contributed by atoms with van der Waals surface area (Å²) in [5, 5.41) is 0. The zero-order chi connectivity index (χ0) is 10.3. The van der Waals surface area contributed by atoms with Crippen LogP contribution in [-0.2, 0) is 4.74 Å². The third kappa shape index (κ3) is 9.41. The van der Waals surface area contributed by atoms with E-state index in [4.69, 9.17) is 4.74 Å². The van der Waals surface area contributed by atoms with Crippen LogP contribution in [0, 0.1) is 5.92 Å². The SMILES string of the molecule is BC(=O)OCCN(C)CCC(C)C. The van der Waals surface area contributed by atoms with E-state index < -0.39 is 0 Å². The molecule has 4 heteroatoms. The molecule has 0 aromatic rings. The van der Waals surface area contributed by atoms with Crippen molar-refractivity contribution in [2.24, 2.45) is 5.92 Å². The first-order valence-corrected chi connectivity index (χ1v) is 4.84. The summed E-state index contributed by atoms with van der Waals surface area (Å²) >= 11 is 0. The number of nitrogens with zero attached hydrogens (tertiary/aromatic N) is 1. The first-order valence-electron chi connectivity index (χ1n) is 4.84. The predicted octanol–water partition coefficient (Wildman–Crippen LogP) is 0.734. The zero-order valence-corrected chi connectivity index (χ0v) is 9.17. The van der Waals surface area contributed by atoms with E-state index in [-0.39, 0.29) is 5.87 Å². The Morgan fingerprint density at radius 3 is 2.54 bits per heavy atom. The van der Waals surface area contributed by atoms with Gasteiger partial charge in [-0.05, 0) is 25.9 Å². The van der Waals surface area contributed by atoms with E-state index in [1.165, 1.54) is 14.3 Å². The standard InChI is InChI=1S/C9H20BNO2/c1-8(2)4-5-11(3)6-7-13-9(10)12/h8H,4-7,10H2,1-3H3. The molecule has 0 bridgehead atoms. The highest BCUT2D eigenvalue weighted by Crippen LogP contribution is 1.99. The Hall–Kier alpha value is -0.505. The molecule has 0 unspecified atom stereocenters. The number of carbonyl (C=O) groups excluding carboxylic acids is 1. The van der Waals surface area contributed by atoms with Crippen LogP contribution in [0.4, 0.5) is 4.79 Å². The van der Waals surface area contributed by atoms with Gasteiger partial charge in [-0.3, -0.25) is 4.79 Å². The van der Waals surface area contributed by atoms with Gasteiger partial charge in [0, 0.05) is 6.54 Å². The molecule has 0 saturated heterocycles. The minimum atomic E-state index is -0.197. The van der Waals surface area contributed by atoms with Gasteiger partial charge in [0.05, 0.1) is 0 Å². The van der Waals surface area contributed by atoms with Crippen LogP contribution in [0.3, 0.4) is 0 Å². The van der Waals surface area contributed by atoms with Gasteiger partial charge in [0.1, 0.15) is 6.61 Å². The minimum Gasteiger partial charge on any atom is -0.473 e. The molecule has 0 rings (SSSR count). The van der Waals surface area contributed by atoms with Gasteiger partial charge in [-0.2, -0.15) is 0 Å². The van der Waals surface area contributed by atoms with Gasteiger partial charge in [-0.25, -0.2) is 0 Å². The fourth-order valence-electron chi connectivity index (χ4n) is 0.936. The van der Waals surface area contributed by atoms with Gasteiger partial charge in [0.15, 0.2) is 0 Å². The first kappa shape index (κ1) is 12.5. The van der Waals surface area contributed by atoms with Crippen LogP contribution >= 0.6 is 0 Å². The zero-order valence-electron chi connectivity index (χ0n) is 9.17. The van der Waals surface area contributed by atoms with Crippen LogP contribution in [0.2, 0.25) is 0 Å². The summed E-state index contributed by atoms with van der Waals surface area (Å²) in [6, 6.07) is 0. The Bertz CT molecular complexity index is 151. The molecule has 3 nitrogen and oxygen atoms in total. The van der Waals surface area contributed by atoms with Crippen LogP contribution in [0.1, 0.15) is 20.3 Å². The van der Waals surface area contributed by atoms with Gasteiger partial charge in [-0.1, -0.05) is 13.8 Å². The molecule has 0 N–H and O–H groups in total. The van der Waals surface area contributed by atoms with E-state index >= 15 is 0 Å². The molecule has 0 saturated carbocycles. The maximum atomic E-state index is 10.5. The second-order valence-electron chi connectivity index (χ2n) is 3.83. The average molecular weight is 185 g/mol. The Kier molecular flexibility index (Phi) is 6.68. The van der Waals surface area contributed by atoms with Crippen LogP contribution < -0.4 is 0 Å². The lowest BCUT2D eigenvalue weighted by atomic mass is 10.1. The average Bonchev–Trinajstić information content (AvgIpc) is 2.00. The maximum Gasteiger partial charge on any atom is 0.243 e. The number of ether oxygens (including phenoxy) is 1. The third-order valence-electron chi connectivity index (χ3n) is 1.87. The minimum absolute atomic E-state index is 0.197.